The van der Waals surface area contributed by atoms with E-state index in [2.05, 4.69) is 0 Å². The molecule has 0 aliphatic heterocycles. The highest BCUT2D eigenvalue weighted by molar-refractivity contribution is 5.69. The zero-order chi connectivity index (χ0) is 17.2. The molecule has 0 radical (unpaired) electrons. The van der Waals surface area contributed by atoms with E-state index in [9.17, 15) is 9.59 Å². The molecule has 0 aliphatic carbocycles. The third-order valence-electron chi connectivity index (χ3n) is 3.46. The molecule has 128 valence electrons. The van der Waals surface area contributed by atoms with Gasteiger partial charge in [-0.05, 0) is 37.0 Å². The molecular weight excluding hydrogens is 306 g/mol. The van der Waals surface area contributed by atoms with E-state index in [0.717, 1.165) is 19.3 Å². The second-order valence-corrected chi connectivity index (χ2v) is 5.46. The van der Waals surface area contributed by atoms with E-state index >= 15 is 0 Å². The third-order valence-corrected chi connectivity index (χ3v) is 3.46. The van der Waals surface area contributed by atoms with Gasteiger partial charge in [-0.2, -0.15) is 0 Å². The molecule has 2 aromatic rings. The number of ether oxygens (including phenoxy) is 2. The van der Waals surface area contributed by atoms with Crippen LogP contribution in [0.1, 0.15) is 25.3 Å². The number of carbonyl (C=O) groups excluding carboxylic acids is 1. The van der Waals surface area contributed by atoms with Crippen molar-refractivity contribution in [3.8, 4) is 5.75 Å². The highest BCUT2D eigenvalue weighted by atomic mass is 16.5. The summed E-state index contributed by atoms with van der Waals surface area (Å²) in [7, 11) is 0. The number of nitrogens with zero attached hydrogens (tertiary/aromatic N) is 1. The van der Waals surface area contributed by atoms with Gasteiger partial charge in [0.25, 0.3) is 5.56 Å². The summed E-state index contributed by atoms with van der Waals surface area (Å²) in [5.41, 5.74) is 0.901. The normalized spacial score (nSPS) is 10.4. The average molecular weight is 329 g/mol. The Morgan fingerprint density at radius 1 is 1.08 bits per heavy atom. The van der Waals surface area contributed by atoms with Crippen molar-refractivity contribution in [1.29, 1.82) is 0 Å². The SMILES string of the molecule is CCCOc1cccn(CC(=O)OCCCc2ccccc2)c1=O. The van der Waals surface area contributed by atoms with Crippen molar-refractivity contribution in [2.45, 2.75) is 32.7 Å². The van der Waals surface area contributed by atoms with Crippen molar-refractivity contribution in [2.24, 2.45) is 0 Å². The molecule has 0 N–H and O–H groups in total. The maximum atomic E-state index is 12.2. The fourth-order valence-electron chi connectivity index (χ4n) is 2.25. The van der Waals surface area contributed by atoms with E-state index in [-0.39, 0.29) is 17.9 Å². The Bertz CT molecular complexity index is 694. The molecule has 1 aromatic carbocycles. The van der Waals surface area contributed by atoms with Crippen molar-refractivity contribution in [2.75, 3.05) is 13.2 Å². The molecule has 5 heteroatoms. The zero-order valence-electron chi connectivity index (χ0n) is 13.9. The maximum Gasteiger partial charge on any atom is 0.326 e. The summed E-state index contributed by atoms with van der Waals surface area (Å²) in [5, 5.41) is 0. The number of aryl methyl sites for hydroxylation is 1. The van der Waals surface area contributed by atoms with Crippen LogP contribution in [-0.2, 0) is 22.5 Å². The van der Waals surface area contributed by atoms with Crippen LogP contribution in [0.2, 0.25) is 0 Å². The minimum atomic E-state index is -0.419. The third kappa shape index (κ3) is 5.57. The molecule has 0 fully saturated rings. The summed E-state index contributed by atoms with van der Waals surface area (Å²) in [6.07, 6.45) is 3.99. The van der Waals surface area contributed by atoms with Crippen LogP contribution in [0.15, 0.2) is 53.5 Å². The first-order valence-corrected chi connectivity index (χ1v) is 8.22. The van der Waals surface area contributed by atoms with Crippen molar-refractivity contribution in [3.05, 3.63) is 64.6 Å². The molecular formula is C19H23NO4. The summed E-state index contributed by atoms with van der Waals surface area (Å²) < 4.78 is 11.9. The quantitative estimate of drug-likeness (QED) is 0.524. The van der Waals surface area contributed by atoms with Crippen LogP contribution in [0.3, 0.4) is 0 Å². The predicted octanol–water partition coefficient (Wildman–Crippen LogP) is 2.81. The first-order chi connectivity index (χ1) is 11.7. The first-order valence-electron chi connectivity index (χ1n) is 8.22. The van der Waals surface area contributed by atoms with Crippen molar-refractivity contribution >= 4 is 5.97 Å². The zero-order valence-corrected chi connectivity index (χ0v) is 13.9. The first kappa shape index (κ1) is 17.8. The number of benzene rings is 1. The van der Waals surface area contributed by atoms with Gasteiger partial charge in [0.1, 0.15) is 6.54 Å². The Morgan fingerprint density at radius 3 is 2.62 bits per heavy atom. The van der Waals surface area contributed by atoms with Gasteiger partial charge < -0.3 is 14.0 Å². The maximum absolute atomic E-state index is 12.2. The molecule has 5 nitrogen and oxygen atoms in total. The molecule has 1 heterocycles. The largest absolute Gasteiger partial charge is 0.488 e. The van der Waals surface area contributed by atoms with Gasteiger partial charge in [-0.1, -0.05) is 37.3 Å². The predicted molar refractivity (Wildman–Crippen MR) is 92.2 cm³/mol. The highest BCUT2D eigenvalue weighted by Gasteiger charge is 2.09. The van der Waals surface area contributed by atoms with E-state index in [1.165, 1.54) is 10.1 Å². The number of rotatable bonds is 9. The van der Waals surface area contributed by atoms with Crippen LogP contribution in [0.4, 0.5) is 0 Å². The van der Waals surface area contributed by atoms with Crippen molar-refractivity contribution < 1.29 is 14.3 Å². The lowest BCUT2D eigenvalue weighted by Gasteiger charge is -2.09. The fourth-order valence-corrected chi connectivity index (χ4v) is 2.25. The Labute approximate surface area is 141 Å². The van der Waals surface area contributed by atoms with E-state index in [1.807, 2.05) is 37.3 Å². The van der Waals surface area contributed by atoms with Gasteiger partial charge in [-0.3, -0.25) is 9.59 Å². The molecule has 0 bridgehead atoms. The summed E-state index contributed by atoms with van der Waals surface area (Å²) >= 11 is 0. The average Bonchev–Trinajstić information content (AvgIpc) is 2.60. The summed E-state index contributed by atoms with van der Waals surface area (Å²) in [6, 6.07) is 13.3. The molecule has 0 amide bonds. The second-order valence-electron chi connectivity index (χ2n) is 5.46. The highest BCUT2D eigenvalue weighted by Crippen LogP contribution is 2.04. The number of esters is 1. The van der Waals surface area contributed by atoms with Crippen molar-refractivity contribution in [3.63, 3.8) is 0 Å². The van der Waals surface area contributed by atoms with E-state index < -0.39 is 5.97 Å². The Hall–Kier alpha value is -2.56. The number of pyridine rings is 1. The number of hydrogen-bond acceptors (Lipinski definition) is 4. The van der Waals surface area contributed by atoms with Gasteiger partial charge in [0.15, 0.2) is 5.75 Å². The van der Waals surface area contributed by atoms with Crippen LogP contribution in [0, 0.1) is 0 Å². The van der Waals surface area contributed by atoms with Crippen LogP contribution in [0.25, 0.3) is 0 Å². The Kier molecular flexibility index (Phi) is 7.08. The van der Waals surface area contributed by atoms with E-state index in [0.29, 0.717) is 13.2 Å². The van der Waals surface area contributed by atoms with Crippen LogP contribution in [-0.4, -0.2) is 23.8 Å². The Balaban J connectivity index is 1.79. The lowest BCUT2D eigenvalue weighted by Crippen LogP contribution is -2.26. The topological polar surface area (TPSA) is 57.5 Å². The van der Waals surface area contributed by atoms with Gasteiger partial charge >= 0.3 is 5.97 Å². The fraction of sp³-hybridized carbons (Fsp3) is 0.368. The summed E-state index contributed by atoms with van der Waals surface area (Å²) in [4.78, 5) is 24.0. The molecule has 0 saturated carbocycles. The van der Waals surface area contributed by atoms with Gasteiger partial charge in [0.05, 0.1) is 13.2 Å². The molecule has 0 unspecified atom stereocenters. The minimum absolute atomic E-state index is 0.104. The second kappa shape index (κ2) is 9.55. The lowest BCUT2D eigenvalue weighted by atomic mass is 10.1. The summed E-state index contributed by atoms with van der Waals surface area (Å²) in [6.45, 7) is 2.68. The molecule has 0 spiro atoms. The standard InChI is InChI=1S/C19H23NO4/c1-2-13-23-17-11-6-12-20(19(17)22)15-18(21)24-14-7-10-16-8-4-3-5-9-16/h3-6,8-9,11-12H,2,7,10,13-15H2,1H3. The minimum Gasteiger partial charge on any atom is -0.488 e. The molecule has 2 rings (SSSR count). The lowest BCUT2D eigenvalue weighted by molar-refractivity contribution is -0.144. The molecule has 0 saturated heterocycles. The van der Waals surface area contributed by atoms with E-state index in [1.54, 1.807) is 18.3 Å². The van der Waals surface area contributed by atoms with Gasteiger partial charge in [-0.25, -0.2) is 0 Å². The molecule has 24 heavy (non-hydrogen) atoms. The monoisotopic (exact) mass is 329 g/mol. The molecule has 0 atom stereocenters. The van der Waals surface area contributed by atoms with Gasteiger partial charge in [0.2, 0.25) is 0 Å². The van der Waals surface area contributed by atoms with Crippen LogP contribution >= 0.6 is 0 Å². The van der Waals surface area contributed by atoms with E-state index in [4.69, 9.17) is 9.47 Å². The van der Waals surface area contributed by atoms with Crippen LogP contribution in [0.5, 0.6) is 5.75 Å². The van der Waals surface area contributed by atoms with Crippen molar-refractivity contribution in [1.82, 2.24) is 4.57 Å². The van der Waals surface area contributed by atoms with Gasteiger partial charge in [0, 0.05) is 6.20 Å². The van der Waals surface area contributed by atoms with Gasteiger partial charge in [-0.15, -0.1) is 0 Å². The Morgan fingerprint density at radius 2 is 1.88 bits per heavy atom. The smallest absolute Gasteiger partial charge is 0.326 e. The summed E-state index contributed by atoms with van der Waals surface area (Å²) in [5.74, 6) is -0.158. The number of carbonyl (C=O) groups is 1. The molecule has 0 aliphatic rings. The number of hydrogen-bond donors (Lipinski definition) is 0. The van der Waals surface area contributed by atoms with Crippen LogP contribution < -0.4 is 10.3 Å². The molecule has 1 aromatic heterocycles. The number of aromatic nitrogens is 1.